The van der Waals surface area contributed by atoms with Crippen LogP contribution in [-0.4, -0.2) is 33.1 Å². The van der Waals surface area contributed by atoms with Crippen molar-refractivity contribution >= 4 is 0 Å². The van der Waals surface area contributed by atoms with E-state index in [-0.39, 0.29) is 0 Å². The third-order valence-corrected chi connectivity index (χ3v) is 1.33. The molecule has 0 fully saturated rings. The molecule has 1 atom stereocenters. The monoisotopic (exact) mass is 224 g/mol. The second-order valence-electron chi connectivity index (χ2n) is 2.79. The van der Waals surface area contributed by atoms with Gasteiger partial charge in [-0.3, -0.25) is 17.6 Å². The first-order valence-corrected chi connectivity index (χ1v) is 4.05. The summed E-state index contributed by atoms with van der Waals surface area (Å²) >= 11 is 0. The first kappa shape index (κ1) is 16.0. The van der Waals surface area contributed by atoms with Crippen LogP contribution in [-0.2, 0) is 0 Å². The molecule has 1 unspecified atom stereocenters. The SMILES string of the molecule is CC(CF)C(F)F.FCC(CF)CF. The quantitative estimate of drug-likeness (QED) is 0.628. The molecule has 6 heteroatoms. The minimum Gasteiger partial charge on any atom is -0.251 e. The highest BCUT2D eigenvalue weighted by Crippen LogP contribution is 2.07. The van der Waals surface area contributed by atoms with E-state index in [9.17, 15) is 26.3 Å². The summed E-state index contributed by atoms with van der Waals surface area (Å²) in [6, 6.07) is 0. The van der Waals surface area contributed by atoms with E-state index in [0.717, 1.165) is 0 Å². The topological polar surface area (TPSA) is 0 Å². The molecule has 0 N–H and O–H groups in total. The molecule has 0 saturated carbocycles. The Morgan fingerprint density at radius 3 is 1.14 bits per heavy atom. The summed E-state index contributed by atoms with van der Waals surface area (Å²) in [5, 5.41) is 0. The Balaban J connectivity index is 0. The lowest BCUT2D eigenvalue weighted by molar-refractivity contribution is 0.0724. The molecule has 0 saturated heterocycles. The summed E-state index contributed by atoms with van der Waals surface area (Å²) < 4.78 is 67.1. The van der Waals surface area contributed by atoms with Gasteiger partial charge >= 0.3 is 0 Å². The molecule has 0 aliphatic heterocycles. The van der Waals surface area contributed by atoms with Gasteiger partial charge in [0.2, 0.25) is 6.43 Å². The fourth-order valence-corrected chi connectivity index (χ4v) is 0.191. The number of alkyl halides is 6. The van der Waals surface area contributed by atoms with Crippen LogP contribution < -0.4 is 0 Å². The molecule has 0 bridgehead atoms. The van der Waals surface area contributed by atoms with E-state index in [1.165, 1.54) is 6.92 Å². The minimum atomic E-state index is -2.51. The van der Waals surface area contributed by atoms with Crippen molar-refractivity contribution in [3.8, 4) is 0 Å². The van der Waals surface area contributed by atoms with Crippen molar-refractivity contribution in [2.45, 2.75) is 13.3 Å². The lowest BCUT2D eigenvalue weighted by Crippen LogP contribution is -2.07. The van der Waals surface area contributed by atoms with Gasteiger partial charge in [-0.2, -0.15) is 0 Å². The van der Waals surface area contributed by atoms with E-state index in [1.807, 2.05) is 0 Å². The molecular formula is C8H14F6. The van der Waals surface area contributed by atoms with Crippen molar-refractivity contribution in [1.29, 1.82) is 0 Å². The fraction of sp³-hybridized carbons (Fsp3) is 1.00. The normalized spacial score (nSPS) is 12.6. The van der Waals surface area contributed by atoms with Crippen LogP contribution in [0.5, 0.6) is 0 Å². The van der Waals surface area contributed by atoms with Crippen LogP contribution in [0.25, 0.3) is 0 Å². The lowest BCUT2D eigenvalue weighted by atomic mass is 10.2. The van der Waals surface area contributed by atoms with Gasteiger partial charge in [-0.1, -0.05) is 6.92 Å². The molecular weight excluding hydrogens is 210 g/mol. The number of hydrogen-bond donors (Lipinski definition) is 0. The second kappa shape index (κ2) is 10.7. The summed E-state index contributed by atoms with van der Waals surface area (Å²) in [4.78, 5) is 0. The highest BCUT2D eigenvalue weighted by Gasteiger charge is 2.12. The number of halogens is 6. The minimum absolute atomic E-state index is 0.896. The Morgan fingerprint density at radius 1 is 0.786 bits per heavy atom. The van der Waals surface area contributed by atoms with Gasteiger partial charge in [0.15, 0.2) is 0 Å². The van der Waals surface area contributed by atoms with Gasteiger partial charge in [0.25, 0.3) is 0 Å². The van der Waals surface area contributed by atoms with Crippen LogP contribution in [0.4, 0.5) is 26.3 Å². The summed E-state index contributed by atoms with van der Waals surface area (Å²) in [5.41, 5.74) is 0. The molecule has 0 radical (unpaired) electrons. The average Bonchev–Trinajstić information content (AvgIpc) is 2.20. The van der Waals surface area contributed by atoms with E-state index in [1.54, 1.807) is 0 Å². The zero-order chi connectivity index (χ0) is 11.6. The Labute approximate surface area is 79.3 Å². The molecule has 0 aromatic rings. The third kappa shape index (κ3) is 9.67. The van der Waals surface area contributed by atoms with Gasteiger partial charge in [-0.15, -0.1) is 0 Å². The van der Waals surface area contributed by atoms with Crippen molar-refractivity contribution in [2.24, 2.45) is 11.8 Å². The van der Waals surface area contributed by atoms with Gasteiger partial charge in [-0.05, 0) is 0 Å². The molecule has 14 heavy (non-hydrogen) atoms. The molecule has 0 aliphatic carbocycles. The van der Waals surface area contributed by atoms with Gasteiger partial charge in [0.1, 0.15) is 0 Å². The Morgan fingerprint density at radius 2 is 1.14 bits per heavy atom. The zero-order valence-electron chi connectivity index (χ0n) is 7.83. The van der Waals surface area contributed by atoms with E-state index < -0.39 is 45.0 Å². The predicted molar refractivity (Wildman–Crippen MR) is 42.6 cm³/mol. The summed E-state index contributed by atoms with van der Waals surface area (Å²) in [7, 11) is 0. The molecule has 0 nitrogen and oxygen atoms in total. The van der Waals surface area contributed by atoms with Crippen LogP contribution in [0.3, 0.4) is 0 Å². The zero-order valence-corrected chi connectivity index (χ0v) is 7.83. The molecule has 88 valence electrons. The average molecular weight is 224 g/mol. The Bertz CT molecular complexity index is 95.2. The van der Waals surface area contributed by atoms with Gasteiger partial charge in [-0.25, -0.2) is 8.78 Å². The highest BCUT2D eigenvalue weighted by molar-refractivity contribution is 4.50. The second-order valence-corrected chi connectivity index (χ2v) is 2.79. The number of rotatable bonds is 5. The molecule has 0 rings (SSSR count). The Hall–Kier alpha value is -0.420. The highest BCUT2D eigenvalue weighted by atomic mass is 19.3. The molecule has 0 aromatic carbocycles. The van der Waals surface area contributed by atoms with Crippen molar-refractivity contribution in [3.63, 3.8) is 0 Å². The maximum absolute atomic E-state index is 11.2. The summed E-state index contributed by atoms with van der Waals surface area (Å²) in [6.45, 7) is -2.45. The standard InChI is InChI=1S/2C4H7F3/c5-1-4(2-6)3-7;1-3(2-5)4(6)7/h4H,1-3H2;3-4H,2H2,1H3. The van der Waals surface area contributed by atoms with Crippen molar-refractivity contribution in [1.82, 2.24) is 0 Å². The fourth-order valence-electron chi connectivity index (χ4n) is 0.191. The third-order valence-electron chi connectivity index (χ3n) is 1.33. The van der Waals surface area contributed by atoms with E-state index in [2.05, 4.69) is 0 Å². The van der Waals surface area contributed by atoms with Crippen molar-refractivity contribution in [2.75, 3.05) is 26.7 Å². The van der Waals surface area contributed by atoms with Crippen LogP contribution in [0, 0.1) is 11.8 Å². The van der Waals surface area contributed by atoms with E-state index >= 15 is 0 Å². The van der Waals surface area contributed by atoms with Crippen LogP contribution in [0.2, 0.25) is 0 Å². The smallest absolute Gasteiger partial charge is 0.243 e. The van der Waals surface area contributed by atoms with E-state index in [4.69, 9.17) is 0 Å². The van der Waals surface area contributed by atoms with Gasteiger partial charge in [0, 0.05) is 11.8 Å². The molecule has 0 heterocycles. The maximum atomic E-state index is 11.2. The summed E-state index contributed by atoms with van der Waals surface area (Å²) in [6.07, 6.45) is -2.51. The van der Waals surface area contributed by atoms with Crippen LogP contribution in [0.1, 0.15) is 6.92 Å². The largest absolute Gasteiger partial charge is 0.251 e. The summed E-state index contributed by atoms with van der Waals surface area (Å²) in [5.74, 6) is -2.11. The first-order chi connectivity index (χ1) is 6.53. The maximum Gasteiger partial charge on any atom is 0.243 e. The van der Waals surface area contributed by atoms with E-state index in [0.29, 0.717) is 0 Å². The van der Waals surface area contributed by atoms with Crippen molar-refractivity contribution in [3.05, 3.63) is 0 Å². The van der Waals surface area contributed by atoms with Gasteiger partial charge in [0.05, 0.1) is 26.7 Å². The predicted octanol–water partition coefficient (Wildman–Crippen LogP) is 3.37. The van der Waals surface area contributed by atoms with Gasteiger partial charge < -0.3 is 0 Å². The van der Waals surface area contributed by atoms with Crippen LogP contribution in [0.15, 0.2) is 0 Å². The van der Waals surface area contributed by atoms with Crippen LogP contribution >= 0.6 is 0 Å². The lowest BCUT2D eigenvalue weighted by Gasteiger charge is -2.00. The Kier molecular flexibility index (Phi) is 12.2. The molecule has 0 spiro atoms. The van der Waals surface area contributed by atoms with Crippen molar-refractivity contribution < 1.29 is 26.3 Å². The molecule has 0 aromatic heterocycles. The first-order valence-electron chi connectivity index (χ1n) is 4.05. The number of hydrogen-bond acceptors (Lipinski definition) is 0. The molecule has 0 amide bonds. The molecule has 0 aliphatic rings.